The fourth-order valence-corrected chi connectivity index (χ4v) is 2.72. The summed E-state index contributed by atoms with van der Waals surface area (Å²) in [5, 5.41) is 2.67. The van der Waals surface area contributed by atoms with Crippen molar-refractivity contribution in [3.05, 3.63) is 41.5 Å². The third-order valence-corrected chi connectivity index (χ3v) is 3.58. The molecular weight excluding hydrogens is 314 g/mol. The lowest BCUT2D eigenvalue weighted by Gasteiger charge is -2.19. The van der Waals surface area contributed by atoms with Gasteiger partial charge >= 0.3 is 6.09 Å². The van der Waals surface area contributed by atoms with Crippen molar-refractivity contribution in [2.75, 3.05) is 12.8 Å². The van der Waals surface area contributed by atoms with Crippen molar-refractivity contribution in [2.24, 2.45) is 0 Å². The lowest BCUT2D eigenvalue weighted by atomic mass is 10.1. The standard InChI is InChI=1S/C17H25NO4S/c1-17(2,3)22-16(19)18-12-8-7-10-14-9-5-6-11-15(14)13-23(4,20)21/h5-7,9-11H,8,12-13H2,1-4H3,(H,18,19). The second-order valence-electron chi connectivity index (χ2n) is 6.39. The van der Waals surface area contributed by atoms with E-state index >= 15 is 0 Å². The first-order chi connectivity index (χ1) is 10.6. The van der Waals surface area contributed by atoms with Gasteiger partial charge in [0.2, 0.25) is 0 Å². The predicted molar refractivity (Wildman–Crippen MR) is 92.9 cm³/mol. The van der Waals surface area contributed by atoms with E-state index < -0.39 is 21.5 Å². The Kier molecular flexibility index (Phi) is 6.81. The van der Waals surface area contributed by atoms with Crippen molar-refractivity contribution in [1.29, 1.82) is 0 Å². The minimum atomic E-state index is -3.07. The van der Waals surface area contributed by atoms with Crippen LogP contribution in [0.25, 0.3) is 6.08 Å². The Labute approximate surface area is 138 Å². The van der Waals surface area contributed by atoms with E-state index in [9.17, 15) is 13.2 Å². The van der Waals surface area contributed by atoms with Gasteiger partial charge in [-0.2, -0.15) is 0 Å². The first-order valence-corrected chi connectivity index (χ1v) is 9.52. The van der Waals surface area contributed by atoms with Crippen LogP contribution in [0, 0.1) is 0 Å². The highest BCUT2D eigenvalue weighted by Gasteiger charge is 2.15. The zero-order chi connectivity index (χ0) is 17.5. The Morgan fingerprint density at radius 1 is 1.26 bits per heavy atom. The fraction of sp³-hybridized carbons (Fsp3) is 0.471. The molecule has 0 aliphatic rings. The summed E-state index contributed by atoms with van der Waals surface area (Å²) in [4.78, 5) is 11.5. The fourth-order valence-electron chi connectivity index (χ4n) is 1.89. The van der Waals surface area contributed by atoms with E-state index in [1.807, 2.05) is 51.1 Å². The smallest absolute Gasteiger partial charge is 0.407 e. The molecule has 23 heavy (non-hydrogen) atoms. The molecule has 1 amide bonds. The van der Waals surface area contributed by atoms with Crippen LogP contribution in [0.3, 0.4) is 0 Å². The van der Waals surface area contributed by atoms with Gasteiger partial charge in [0.25, 0.3) is 0 Å². The van der Waals surface area contributed by atoms with Crippen molar-refractivity contribution in [1.82, 2.24) is 5.32 Å². The molecule has 5 nitrogen and oxygen atoms in total. The third-order valence-electron chi connectivity index (χ3n) is 2.75. The number of hydrogen-bond acceptors (Lipinski definition) is 4. The molecule has 128 valence electrons. The molecule has 1 N–H and O–H groups in total. The number of ether oxygens (including phenoxy) is 1. The molecule has 0 spiro atoms. The highest BCUT2D eigenvalue weighted by Crippen LogP contribution is 2.14. The molecule has 0 saturated heterocycles. The van der Waals surface area contributed by atoms with Crippen LogP contribution in [0.4, 0.5) is 4.79 Å². The highest BCUT2D eigenvalue weighted by atomic mass is 32.2. The number of amides is 1. The lowest BCUT2D eigenvalue weighted by Crippen LogP contribution is -2.32. The first-order valence-electron chi connectivity index (χ1n) is 7.46. The van der Waals surface area contributed by atoms with Crippen LogP contribution >= 0.6 is 0 Å². The van der Waals surface area contributed by atoms with Crippen LogP contribution in [0.1, 0.15) is 38.3 Å². The Balaban J connectivity index is 2.51. The molecule has 0 radical (unpaired) electrons. The maximum absolute atomic E-state index is 11.5. The largest absolute Gasteiger partial charge is 0.444 e. The second-order valence-corrected chi connectivity index (χ2v) is 8.53. The van der Waals surface area contributed by atoms with Gasteiger partial charge in [0.1, 0.15) is 5.60 Å². The molecule has 1 rings (SSSR count). The number of alkyl carbamates (subject to hydrolysis) is 1. The SMILES string of the molecule is CC(C)(C)OC(=O)NCCC=Cc1ccccc1CS(C)(=O)=O. The minimum Gasteiger partial charge on any atom is -0.444 e. The first kappa shape index (κ1) is 19.2. The van der Waals surface area contributed by atoms with Gasteiger partial charge in [-0.1, -0.05) is 36.4 Å². The number of carbonyl (C=O) groups excluding carboxylic acids is 1. The zero-order valence-corrected chi connectivity index (χ0v) is 14.9. The lowest BCUT2D eigenvalue weighted by molar-refractivity contribution is 0.0529. The molecule has 0 unspecified atom stereocenters. The monoisotopic (exact) mass is 339 g/mol. The van der Waals surface area contributed by atoms with Crippen LogP contribution in [0.2, 0.25) is 0 Å². The molecular formula is C17H25NO4S. The molecule has 0 aliphatic heterocycles. The summed E-state index contributed by atoms with van der Waals surface area (Å²) in [6, 6.07) is 7.37. The highest BCUT2D eigenvalue weighted by molar-refractivity contribution is 7.89. The molecule has 1 aromatic carbocycles. The normalized spacial score (nSPS) is 12.3. The van der Waals surface area contributed by atoms with Crippen molar-refractivity contribution < 1.29 is 17.9 Å². The Bertz CT molecular complexity index is 657. The second kappa shape index (κ2) is 8.15. The molecule has 0 aromatic heterocycles. The van der Waals surface area contributed by atoms with Crippen molar-refractivity contribution in [3.63, 3.8) is 0 Å². The van der Waals surface area contributed by atoms with E-state index in [0.717, 1.165) is 11.1 Å². The van der Waals surface area contributed by atoms with Gasteiger partial charge in [0.05, 0.1) is 5.75 Å². The van der Waals surface area contributed by atoms with Gasteiger partial charge < -0.3 is 10.1 Å². The number of rotatable bonds is 6. The third kappa shape index (κ3) is 9.03. The molecule has 6 heteroatoms. The predicted octanol–water partition coefficient (Wildman–Crippen LogP) is 3.16. The van der Waals surface area contributed by atoms with Crippen molar-refractivity contribution in [2.45, 2.75) is 38.5 Å². The van der Waals surface area contributed by atoms with Gasteiger partial charge in [-0.25, -0.2) is 13.2 Å². The summed E-state index contributed by atoms with van der Waals surface area (Å²) in [6.07, 6.45) is 5.18. The zero-order valence-electron chi connectivity index (χ0n) is 14.1. The van der Waals surface area contributed by atoms with Gasteiger partial charge in [-0.3, -0.25) is 0 Å². The molecule has 0 aliphatic carbocycles. The number of hydrogen-bond donors (Lipinski definition) is 1. The summed E-state index contributed by atoms with van der Waals surface area (Å²) in [5.41, 5.74) is 1.13. The maximum Gasteiger partial charge on any atom is 0.407 e. The van der Waals surface area contributed by atoms with Gasteiger partial charge in [0, 0.05) is 12.8 Å². The summed E-state index contributed by atoms with van der Waals surface area (Å²) in [7, 11) is -3.07. The van der Waals surface area contributed by atoms with Crippen molar-refractivity contribution in [3.8, 4) is 0 Å². The van der Waals surface area contributed by atoms with Gasteiger partial charge in [-0.05, 0) is 38.3 Å². The minimum absolute atomic E-state index is 0.0175. The van der Waals surface area contributed by atoms with Gasteiger partial charge in [0.15, 0.2) is 9.84 Å². The van der Waals surface area contributed by atoms with Crippen LogP contribution in [-0.4, -0.2) is 32.9 Å². The Morgan fingerprint density at radius 2 is 1.91 bits per heavy atom. The summed E-state index contributed by atoms with van der Waals surface area (Å²) in [5.74, 6) is 0.0175. The van der Waals surface area contributed by atoms with Crippen LogP contribution in [0.5, 0.6) is 0 Å². The number of carbonyl (C=O) groups is 1. The van der Waals surface area contributed by atoms with Crippen molar-refractivity contribution >= 4 is 22.0 Å². The molecule has 0 fully saturated rings. The molecule has 0 atom stereocenters. The summed E-state index contributed by atoms with van der Waals surface area (Å²) >= 11 is 0. The van der Waals surface area contributed by atoms with E-state index in [1.54, 1.807) is 6.07 Å². The van der Waals surface area contributed by atoms with E-state index in [-0.39, 0.29) is 5.75 Å². The Hall–Kier alpha value is -1.82. The number of nitrogens with one attached hydrogen (secondary N) is 1. The summed E-state index contributed by atoms with van der Waals surface area (Å²) in [6.45, 7) is 5.89. The Morgan fingerprint density at radius 3 is 2.52 bits per heavy atom. The quantitative estimate of drug-likeness (QED) is 0.808. The molecule has 1 aromatic rings. The summed E-state index contributed by atoms with van der Waals surface area (Å²) < 4.78 is 28.0. The van der Waals surface area contributed by atoms with Gasteiger partial charge in [-0.15, -0.1) is 0 Å². The maximum atomic E-state index is 11.5. The number of benzene rings is 1. The van der Waals surface area contributed by atoms with Crippen LogP contribution in [-0.2, 0) is 20.3 Å². The average Bonchev–Trinajstić information content (AvgIpc) is 2.36. The molecule has 0 heterocycles. The average molecular weight is 339 g/mol. The number of sulfone groups is 1. The van der Waals surface area contributed by atoms with E-state index in [2.05, 4.69) is 5.32 Å². The van der Waals surface area contributed by atoms with E-state index in [1.165, 1.54) is 6.26 Å². The van der Waals surface area contributed by atoms with E-state index in [0.29, 0.717) is 13.0 Å². The van der Waals surface area contributed by atoms with E-state index in [4.69, 9.17) is 4.74 Å². The van der Waals surface area contributed by atoms with Crippen LogP contribution < -0.4 is 5.32 Å². The molecule has 0 saturated carbocycles. The molecule has 0 bridgehead atoms. The topological polar surface area (TPSA) is 72.5 Å². The van der Waals surface area contributed by atoms with Crippen LogP contribution in [0.15, 0.2) is 30.3 Å².